The zero-order valence-corrected chi connectivity index (χ0v) is 11.5. The van der Waals surface area contributed by atoms with Crippen molar-refractivity contribution in [2.45, 2.75) is 0 Å². The molecule has 2 aromatic heterocycles. The van der Waals surface area contributed by atoms with Crippen LogP contribution in [0.5, 0.6) is 11.5 Å². The van der Waals surface area contributed by atoms with Gasteiger partial charge in [-0.05, 0) is 0 Å². The number of H-pyrrole nitrogens is 2. The van der Waals surface area contributed by atoms with E-state index in [4.69, 9.17) is 25.0 Å². The van der Waals surface area contributed by atoms with Gasteiger partial charge in [0.25, 0.3) is 0 Å². The molecule has 0 aliphatic heterocycles. The van der Waals surface area contributed by atoms with Gasteiger partial charge in [0, 0.05) is 24.3 Å². The first-order valence-corrected chi connectivity index (χ1v) is 6.52. The van der Waals surface area contributed by atoms with Crippen molar-refractivity contribution in [3.05, 3.63) is 45.4 Å². The Balaban J connectivity index is 1.80. The summed E-state index contributed by atoms with van der Waals surface area (Å²) >= 11 is 0. The number of fused-ring (bicyclic) bond motifs is 2. The van der Waals surface area contributed by atoms with E-state index in [-0.39, 0.29) is 22.5 Å². The molecule has 9 heteroatoms. The molecule has 4 rings (SSSR count). The third-order valence-corrected chi connectivity index (χ3v) is 3.28. The number of nitrogens with one attached hydrogen (secondary N) is 2. The van der Waals surface area contributed by atoms with Crippen LogP contribution in [0.1, 0.15) is 0 Å². The molecular formula is C14H10N4O5. The highest BCUT2D eigenvalue weighted by Crippen LogP contribution is 2.32. The van der Waals surface area contributed by atoms with Crippen molar-refractivity contribution in [1.82, 2.24) is 9.97 Å². The van der Waals surface area contributed by atoms with Gasteiger partial charge in [-0.2, -0.15) is 0 Å². The lowest BCUT2D eigenvalue weighted by Gasteiger charge is -2.07. The van der Waals surface area contributed by atoms with Gasteiger partial charge in [-0.25, -0.2) is 9.59 Å². The van der Waals surface area contributed by atoms with Gasteiger partial charge in [-0.15, -0.1) is 0 Å². The number of hydrogen-bond donors (Lipinski definition) is 4. The molecule has 9 nitrogen and oxygen atoms in total. The minimum atomic E-state index is -0.606. The average Bonchev–Trinajstić information content (AvgIpc) is 3.01. The van der Waals surface area contributed by atoms with Crippen LogP contribution >= 0.6 is 0 Å². The van der Waals surface area contributed by atoms with Crippen LogP contribution in [0.15, 0.2) is 42.7 Å². The molecule has 0 atom stereocenters. The lowest BCUT2D eigenvalue weighted by Crippen LogP contribution is -1.93. The number of aromatic nitrogens is 2. The summed E-state index contributed by atoms with van der Waals surface area (Å²) in [4.78, 5) is 27.5. The molecule has 0 amide bonds. The second-order valence-electron chi connectivity index (χ2n) is 4.91. The molecule has 0 radical (unpaired) electrons. The molecular weight excluding hydrogens is 304 g/mol. The van der Waals surface area contributed by atoms with Crippen molar-refractivity contribution >= 4 is 33.6 Å². The lowest BCUT2D eigenvalue weighted by molar-refractivity contribution is 0.484. The van der Waals surface area contributed by atoms with Crippen molar-refractivity contribution in [3.63, 3.8) is 0 Å². The zero-order chi connectivity index (χ0) is 16.1. The molecule has 0 fully saturated rings. The molecule has 2 heterocycles. The second-order valence-corrected chi connectivity index (χ2v) is 4.91. The summed E-state index contributed by atoms with van der Waals surface area (Å²) in [6.07, 6.45) is 0. The van der Waals surface area contributed by atoms with Gasteiger partial charge in [0.05, 0.1) is 22.4 Å². The average molecular weight is 314 g/mol. The standard InChI is InChI=1S/C14H10N4O5/c15-7-1-5(3-9-11(7)22-13(19)17-9)21-6-2-8(16)12-10(4-6)18-14(20)23-12/h1-4H,15-16H2,(H,17,19)(H,18,20). The SMILES string of the molecule is Nc1cc(Oc2cc(N)c3oc(=O)[nH]c3c2)cc2[nH]c(=O)oc12. The van der Waals surface area contributed by atoms with Crippen molar-refractivity contribution < 1.29 is 13.6 Å². The summed E-state index contributed by atoms with van der Waals surface area (Å²) in [6, 6.07) is 6.15. The molecule has 0 aliphatic carbocycles. The lowest BCUT2D eigenvalue weighted by atomic mass is 10.2. The van der Waals surface area contributed by atoms with Gasteiger partial charge in [-0.3, -0.25) is 9.97 Å². The predicted molar refractivity (Wildman–Crippen MR) is 82.6 cm³/mol. The molecule has 4 aromatic rings. The number of hydrogen-bond acceptors (Lipinski definition) is 7. The first kappa shape index (κ1) is 13.1. The Morgan fingerprint density at radius 2 is 1.22 bits per heavy atom. The summed E-state index contributed by atoms with van der Waals surface area (Å²) in [5.74, 6) is -0.468. The molecule has 0 aliphatic rings. The minimum Gasteiger partial charge on any atom is -0.457 e. The molecule has 0 unspecified atom stereocenters. The van der Waals surface area contributed by atoms with Gasteiger partial charge >= 0.3 is 11.5 Å². The molecule has 0 saturated heterocycles. The maximum absolute atomic E-state index is 11.2. The highest BCUT2D eigenvalue weighted by molar-refractivity contribution is 5.87. The Kier molecular flexibility index (Phi) is 2.52. The van der Waals surface area contributed by atoms with Crippen molar-refractivity contribution in [2.24, 2.45) is 0 Å². The third-order valence-electron chi connectivity index (χ3n) is 3.28. The highest BCUT2D eigenvalue weighted by atomic mass is 16.5. The normalized spacial score (nSPS) is 11.3. The maximum atomic E-state index is 11.2. The third kappa shape index (κ3) is 2.11. The smallest absolute Gasteiger partial charge is 0.417 e. The maximum Gasteiger partial charge on any atom is 0.417 e. The quantitative estimate of drug-likeness (QED) is 0.409. The van der Waals surface area contributed by atoms with Crippen LogP contribution in [0.2, 0.25) is 0 Å². The van der Waals surface area contributed by atoms with Crippen LogP contribution in [-0.2, 0) is 0 Å². The number of anilines is 2. The molecule has 116 valence electrons. The minimum absolute atomic E-state index is 0.251. The van der Waals surface area contributed by atoms with Crippen LogP contribution in [-0.4, -0.2) is 9.97 Å². The van der Waals surface area contributed by atoms with E-state index in [1.54, 1.807) is 12.1 Å². The van der Waals surface area contributed by atoms with Gasteiger partial charge in [0.1, 0.15) is 11.5 Å². The van der Waals surface area contributed by atoms with Gasteiger partial charge in [-0.1, -0.05) is 0 Å². The number of nitrogens with two attached hydrogens (primary N) is 2. The van der Waals surface area contributed by atoms with E-state index < -0.39 is 11.5 Å². The Hall–Kier alpha value is -3.62. The number of ether oxygens (including phenoxy) is 1. The number of aromatic amines is 2. The number of benzene rings is 2. The first-order valence-electron chi connectivity index (χ1n) is 6.52. The van der Waals surface area contributed by atoms with E-state index >= 15 is 0 Å². The van der Waals surface area contributed by atoms with Gasteiger partial charge < -0.3 is 25.0 Å². The summed E-state index contributed by atoms with van der Waals surface area (Å²) in [5, 5.41) is 0. The second kappa shape index (κ2) is 4.44. The number of rotatable bonds is 2. The molecule has 0 spiro atoms. The molecule has 0 saturated carbocycles. The van der Waals surface area contributed by atoms with Crippen molar-refractivity contribution in [2.75, 3.05) is 11.5 Å². The predicted octanol–water partition coefficient (Wildman–Crippen LogP) is 1.51. The van der Waals surface area contributed by atoms with Crippen LogP contribution < -0.4 is 27.7 Å². The van der Waals surface area contributed by atoms with Crippen LogP contribution in [0.4, 0.5) is 11.4 Å². The van der Waals surface area contributed by atoms with E-state index in [1.807, 2.05) is 0 Å². The number of oxazole rings is 2. The van der Waals surface area contributed by atoms with E-state index in [1.165, 1.54) is 12.1 Å². The zero-order valence-electron chi connectivity index (χ0n) is 11.5. The summed E-state index contributed by atoms with van der Waals surface area (Å²) in [7, 11) is 0. The largest absolute Gasteiger partial charge is 0.457 e. The van der Waals surface area contributed by atoms with E-state index in [9.17, 15) is 9.59 Å². The van der Waals surface area contributed by atoms with Crippen LogP contribution in [0.25, 0.3) is 22.2 Å². The summed E-state index contributed by atoms with van der Waals surface area (Å²) < 4.78 is 15.5. The Labute approximate surface area is 126 Å². The van der Waals surface area contributed by atoms with Crippen molar-refractivity contribution in [1.29, 1.82) is 0 Å². The Morgan fingerprint density at radius 1 is 0.783 bits per heavy atom. The van der Waals surface area contributed by atoms with E-state index in [0.717, 1.165) is 0 Å². The first-order chi connectivity index (χ1) is 11.0. The highest BCUT2D eigenvalue weighted by Gasteiger charge is 2.11. The number of nitrogen functional groups attached to an aromatic ring is 2. The van der Waals surface area contributed by atoms with Crippen molar-refractivity contribution in [3.8, 4) is 11.5 Å². The molecule has 0 bridgehead atoms. The molecule has 2 aromatic carbocycles. The van der Waals surface area contributed by atoms with E-state index in [2.05, 4.69) is 9.97 Å². The topological polar surface area (TPSA) is 153 Å². The van der Waals surface area contributed by atoms with E-state index in [0.29, 0.717) is 22.5 Å². The molecule has 23 heavy (non-hydrogen) atoms. The Bertz CT molecular complexity index is 1070. The monoisotopic (exact) mass is 314 g/mol. The fourth-order valence-electron chi connectivity index (χ4n) is 2.37. The fourth-order valence-corrected chi connectivity index (χ4v) is 2.37. The Morgan fingerprint density at radius 3 is 1.65 bits per heavy atom. The van der Waals surface area contributed by atoms with Crippen LogP contribution in [0, 0.1) is 0 Å². The van der Waals surface area contributed by atoms with Crippen LogP contribution in [0.3, 0.4) is 0 Å². The van der Waals surface area contributed by atoms with Gasteiger partial charge in [0.15, 0.2) is 11.2 Å². The summed E-state index contributed by atoms with van der Waals surface area (Å²) in [6.45, 7) is 0. The fraction of sp³-hybridized carbons (Fsp3) is 0. The molecule has 6 N–H and O–H groups in total. The van der Waals surface area contributed by atoms with Gasteiger partial charge in [0.2, 0.25) is 0 Å². The summed E-state index contributed by atoms with van der Waals surface area (Å²) in [5.41, 5.74) is 13.5.